The van der Waals surface area contributed by atoms with E-state index in [1.807, 2.05) is 41.7 Å². The molecular weight excluding hydrogens is 304 g/mol. The normalized spacial score (nSPS) is 16.4. The van der Waals surface area contributed by atoms with E-state index < -0.39 is 0 Å². The zero-order chi connectivity index (χ0) is 16.9. The van der Waals surface area contributed by atoms with Crippen molar-refractivity contribution < 1.29 is 4.79 Å². The van der Waals surface area contributed by atoms with E-state index in [-0.39, 0.29) is 18.5 Å². The van der Waals surface area contributed by atoms with E-state index in [9.17, 15) is 4.79 Å². The summed E-state index contributed by atoms with van der Waals surface area (Å²) >= 11 is 0. The van der Waals surface area contributed by atoms with Crippen LogP contribution in [0.25, 0.3) is 0 Å². The van der Waals surface area contributed by atoms with Gasteiger partial charge in [0.15, 0.2) is 0 Å². The first-order valence-electron chi connectivity index (χ1n) is 8.67. The molecule has 2 aromatic rings. The number of hydrogen-bond acceptors (Lipinski definition) is 4. The molecule has 130 valence electrons. The van der Waals surface area contributed by atoms with Crippen molar-refractivity contribution in [1.29, 1.82) is 0 Å². The fourth-order valence-electron chi connectivity index (χ4n) is 3.22. The Labute approximate surface area is 142 Å². The zero-order valence-corrected chi connectivity index (χ0v) is 14.4. The number of aryl methyl sites for hydroxylation is 1. The largest absolute Gasteiger partial charge is 0.310 e. The van der Waals surface area contributed by atoms with Gasteiger partial charge in [0.25, 0.3) is 0 Å². The van der Waals surface area contributed by atoms with E-state index in [1.165, 1.54) is 12.8 Å². The molecular formula is C17H26N6O. The molecule has 1 aliphatic rings. The first-order valence-corrected chi connectivity index (χ1v) is 8.67. The monoisotopic (exact) mass is 330 g/mol. The molecule has 1 saturated carbocycles. The number of anilines is 1. The minimum atomic E-state index is -0.0433. The Morgan fingerprint density at radius 2 is 2.17 bits per heavy atom. The SMILES string of the molecule is Cc1cnn(C[C@@H](C)NCC(=O)Nc2ccnn2C2CCCC2)c1. The highest BCUT2D eigenvalue weighted by Crippen LogP contribution is 2.31. The van der Waals surface area contributed by atoms with Crippen LogP contribution in [0.5, 0.6) is 0 Å². The van der Waals surface area contributed by atoms with Crippen molar-refractivity contribution >= 4 is 11.7 Å². The molecule has 0 aromatic carbocycles. The number of aromatic nitrogens is 4. The Bertz CT molecular complexity index is 670. The summed E-state index contributed by atoms with van der Waals surface area (Å²) in [6, 6.07) is 2.45. The number of carbonyl (C=O) groups is 1. The lowest BCUT2D eigenvalue weighted by Crippen LogP contribution is -2.37. The van der Waals surface area contributed by atoms with Crippen molar-refractivity contribution in [2.75, 3.05) is 11.9 Å². The third kappa shape index (κ3) is 4.23. The van der Waals surface area contributed by atoms with Gasteiger partial charge < -0.3 is 10.6 Å². The summed E-state index contributed by atoms with van der Waals surface area (Å²) in [6.45, 7) is 5.08. The van der Waals surface area contributed by atoms with E-state index in [0.29, 0.717) is 6.04 Å². The standard InChI is InChI=1S/C17H26N6O/c1-13-9-20-22(11-13)12-14(2)18-10-17(24)21-16-7-8-19-23(16)15-5-3-4-6-15/h7-9,11,14-15,18H,3-6,10,12H2,1-2H3,(H,21,24)/t14-/m1/s1. The van der Waals surface area contributed by atoms with Crippen LogP contribution < -0.4 is 10.6 Å². The lowest BCUT2D eigenvalue weighted by molar-refractivity contribution is -0.115. The molecule has 1 amide bonds. The minimum Gasteiger partial charge on any atom is -0.310 e. The van der Waals surface area contributed by atoms with Crippen LogP contribution in [0.4, 0.5) is 5.82 Å². The number of hydrogen-bond donors (Lipinski definition) is 2. The van der Waals surface area contributed by atoms with E-state index in [0.717, 1.165) is 30.8 Å². The summed E-state index contributed by atoms with van der Waals surface area (Å²) in [5.74, 6) is 0.752. The zero-order valence-electron chi connectivity index (χ0n) is 14.4. The van der Waals surface area contributed by atoms with Crippen LogP contribution in [-0.4, -0.2) is 38.1 Å². The van der Waals surface area contributed by atoms with Crippen LogP contribution in [0, 0.1) is 6.92 Å². The second-order valence-electron chi connectivity index (χ2n) is 6.67. The maximum Gasteiger partial charge on any atom is 0.239 e. The van der Waals surface area contributed by atoms with Gasteiger partial charge in [-0.3, -0.25) is 9.48 Å². The van der Waals surface area contributed by atoms with Gasteiger partial charge in [-0.1, -0.05) is 12.8 Å². The molecule has 24 heavy (non-hydrogen) atoms. The molecule has 7 nitrogen and oxygen atoms in total. The van der Waals surface area contributed by atoms with Gasteiger partial charge in [0.05, 0.1) is 31.5 Å². The molecule has 0 aliphatic heterocycles. The smallest absolute Gasteiger partial charge is 0.239 e. The van der Waals surface area contributed by atoms with Crippen LogP contribution in [0.2, 0.25) is 0 Å². The number of rotatable bonds is 7. The van der Waals surface area contributed by atoms with E-state index in [1.54, 1.807) is 6.20 Å². The van der Waals surface area contributed by atoms with Crippen molar-refractivity contribution in [3.8, 4) is 0 Å². The minimum absolute atomic E-state index is 0.0433. The molecule has 2 heterocycles. The van der Waals surface area contributed by atoms with Crippen molar-refractivity contribution in [1.82, 2.24) is 24.9 Å². The van der Waals surface area contributed by atoms with Gasteiger partial charge in [0, 0.05) is 18.3 Å². The van der Waals surface area contributed by atoms with E-state index >= 15 is 0 Å². The second-order valence-corrected chi connectivity index (χ2v) is 6.67. The molecule has 1 atom stereocenters. The summed E-state index contributed by atoms with van der Waals surface area (Å²) in [5.41, 5.74) is 1.14. The van der Waals surface area contributed by atoms with Gasteiger partial charge >= 0.3 is 0 Å². The lowest BCUT2D eigenvalue weighted by atomic mass is 10.2. The summed E-state index contributed by atoms with van der Waals surface area (Å²) in [7, 11) is 0. The molecule has 1 fully saturated rings. The molecule has 7 heteroatoms. The highest BCUT2D eigenvalue weighted by molar-refractivity contribution is 5.91. The maximum atomic E-state index is 12.2. The lowest BCUT2D eigenvalue weighted by Gasteiger charge is -2.16. The molecule has 3 rings (SSSR count). The first kappa shape index (κ1) is 16.7. The molecule has 0 bridgehead atoms. The Morgan fingerprint density at radius 3 is 2.88 bits per heavy atom. The van der Waals surface area contributed by atoms with Crippen molar-refractivity contribution in [2.45, 2.75) is 58.2 Å². The fraction of sp³-hybridized carbons (Fsp3) is 0.588. The Hall–Kier alpha value is -2.15. The Balaban J connectivity index is 1.46. The first-order chi connectivity index (χ1) is 11.6. The van der Waals surface area contributed by atoms with Gasteiger partial charge in [-0.05, 0) is 32.3 Å². The van der Waals surface area contributed by atoms with Crippen LogP contribution in [0.1, 0.15) is 44.2 Å². The molecule has 2 N–H and O–H groups in total. The molecule has 2 aromatic heterocycles. The van der Waals surface area contributed by atoms with Gasteiger partial charge in [-0.2, -0.15) is 10.2 Å². The van der Waals surface area contributed by atoms with Gasteiger partial charge in [-0.25, -0.2) is 4.68 Å². The fourth-order valence-corrected chi connectivity index (χ4v) is 3.22. The van der Waals surface area contributed by atoms with Gasteiger partial charge in [-0.15, -0.1) is 0 Å². The third-order valence-electron chi connectivity index (χ3n) is 4.44. The molecule has 0 saturated heterocycles. The molecule has 0 spiro atoms. The maximum absolute atomic E-state index is 12.2. The molecule has 0 radical (unpaired) electrons. The number of nitrogens with zero attached hydrogens (tertiary/aromatic N) is 4. The van der Waals surface area contributed by atoms with Crippen LogP contribution in [-0.2, 0) is 11.3 Å². The number of carbonyl (C=O) groups excluding carboxylic acids is 1. The summed E-state index contributed by atoms with van der Waals surface area (Å²) < 4.78 is 3.85. The Kier molecular flexibility index (Phi) is 5.30. The van der Waals surface area contributed by atoms with Gasteiger partial charge in [0.2, 0.25) is 5.91 Å². The third-order valence-corrected chi connectivity index (χ3v) is 4.44. The van der Waals surface area contributed by atoms with Crippen molar-refractivity contribution in [3.63, 3.8) is 0 Å². The second kappa shape index (κ2) is 7.61. The van der Waals surface area contributed by atoms with Crippen molar-refractivity contribution in [3.05, 3.63) is 30.2 Å². The quantitative estimate of drug-likeness (QED) is 0.815. The van der Waals surface area contributed by atoms with Crippen LogP contribution in [0.3, 0.4) is 0 Å². The average Bonchev–Trinajstić information content (AvgIpc) is 3.27. The number of amides is 1. The van der Waals surface area contributed by atoms with Crippen molar-refractivity contribution in [2.24, 2.45) is 0 Å². The highest BCUT2D eigenvalue weighted by Gasteiger charge is 2.20. The van der Waals surface area contributed by atoms with Gasteiger partial charge in [0.1, 0.15) is 5.82 Å². The van der Waals surface area contributed by atoms with E-state index in [2.05, 4.69) is 20.8 Å². The van der Waals surface area contributed by atoms with Crippen LogP contribution >= 0.6 is 0 Å². The summed E-state index contributed by atoms with van der Waals surface area (Å²) in [4.78, 5) is 12.2. The predicted octanol–water partition coefficient (Wildman–Crippen LogP) is 2.12. The highest BCUT2D eigenvalue weighted by atomic mass is 16.2. The summed E-state index contributed by atoms with van der Waals surface area (Å²) in [6.07, 6.45) is 10.4. The average molecular weight is 330 g/mol. The molecule has 0 unspecified atom stereocenters. The molecule has 1 aliphatic carbocycles. The summed E-state index contributed by atoms with van der Waals surface area (Å²) in [5, 5.41) is 14.8. The topological polar surface area (TPSA) is 76.8 Å². The van der Waals surface area contributed by atoms with Crippen LogP contribution in [0.15, 0.2) is 24.7 Å². The number of nitrogens with one attached hydrogen (secondary N) is 2. The Morgan fingerprint density at radius 1 is 1.38 bits per heavy atom. The van der Waals surface area contributed by atoms with E-state index in [4.69, 9.17) is 0 Å². The predicted molar refractivity (Wildman–Crippen MR) is 92.8 cm³/mol.